The first-order valence-electron chi connectivity index (χ1n) is 6.57. The van der Waals surface area contributed by atoms with E-state index in [1.807, 2.05) is 32.0 Å². The molecule has 0 radical (unpaired) electrons. The Balaban J connectivity index is 2.10. The summed E-state index contributed by atoms with van der Waals surface area (Å²) in [5.41, 5.74) is 3.69. The second-order valence-electron chi connectivity index (χ2n) is 4.49. The second kappa shape index (κ2) is 6.65. The molecule has 2 rings (SSSR count). The molecule has 2 N–H and O–H groups in total. The number of nitrogens with one attached hydrogen (secondary N) is 2. The van der Waals surface area contributed by atoms with E-state index in [2.05, 4.69) is 20.6 Å². The summed E-state index contributed by atoms with van der Waals surface area (Å²) < 4.78 is 0. The fraction of sp³-hybridized carbons (Fsp3) is 0.267. The van der Waals surface area contributed by atoms with Crippen LogP contribution >= 0.6 is 0 Å². The predicted molar refractivity (Wildman–Crippen MR) is 78.5 cm³/mol. The fourth-order valence-electron chi connectivity index (χ4n) is 1.83. The lowest BCUT2D eigenvalue weighted by molar-refractivity contribution is 0.0956. The van der Waals surface area contributed by atoms with Crippen molar-refractivity contribution in [2.75, 3.05) is 11.9 Å². The fourth-order valence-corrected chi connectivity index (χ4v) is 1.83. The smallest absolute Gasteiger partial charge is 0.251 e. The average molecular weight is 270 g/mol. The summed E-state index contributed by atoms with van der Waals surface area (Å²) in [6.45, 7) is 5.16. The Morgan fingerprint density at radius 1 is 1.25 bits per heavy atom. The molecule has 5 heteroatoms. The second-order valence-corrected chi connectivity index (χ2v) is 4.49. The van der Waals surface area contributed by atoms with E-state index in [1.54, 1.807) is 12.4 Å². The Bertz CT molecular complexity index is 584. The number of benzene rings is 1. The van der Waals surface area contributed by atoms with Crippen LogP contribution in [0.15, 0.2) is 36.9 Å². The average Bonchev–Trinajstić information content (AvgIpc) is 2.47. The van der Waals surface area contributed by atoms with Crippen LogP contribution in [0.2, 0.25) is 0 Å². The van der Waals surface area contributed by atoms with Crippen LogP contribution in [0.25, 0.3) is 0 Å². The molecule has 2 aromatic rings. The van der Waals surface area contributed by atoms with Crippen molar-refractivity contribution in [1.29, 1.82) is 0 Å². The molecule has 1 aromatic carbocycles. The number of carbonyl (C=O) groups is 1. The van der Waals surface area contributed by atoms with E-state index >= 15 is 0 Å². The third-order valence-corrected chi connectivity index (χ3v) is 2.93. The molecule has 20 heavy (non-hydrogen) atoms. The SMILES string of the molecule is CCNC(=O)c1ccc(C)c(NCc2cncnc2)c1. The third-order valence-electron chi connectivity index (χ3n) is 2.93. The molecule has 0 saturated carbocycles. The van der Waals surface area contributed by atoms with Crippen LogP contribution in [0.5, 0.6) is 0 Å². The lowest BCUT2D eigenvalue weighted by Crippen LogP contribution is -2.22. The number of hydrogen-bond acceptors (Lipinski definition) is 4. The number of aromatic nitrogens is 2. The molecule has 0 saturated heterocycles. The standard InChI is InChI=1S/C15H18N4O/c1-3-18-15(20)13-5-4-11(2)14(6-13)19-9-12-7-16-10-17-8-12/h4-8,10,19H,3,9H2,1-2H3,(H,18,20). The van der Waals surface area contributed by atoms with Gasteiger partial charge in [-0.2, -0.15) is 0 Å². The molecule has 0 spiro atoms. The van der Waals surface area contributed by atoms with Crippen molar-refractivity contribution >= 4 is 11.6 Å². The van der Waals surface area contributed by atoms with E-state index in [0.29, 0.717) is 18.7 Å². The van der Waals surface area contributed by atoms with Gasteiger partial charge in [0, 0.05) is 42.3 Å². The van der Waals surface area contributed by atoms with Crippen LogP contribution in [0, 0.1) is 6.92 Å². The summed E-state index contributed by atoms with van der Waals surface area (Å²) in [6.07, 6.45) is 5.04. The van der Waals surface area contributed by atoms with Gasteiger partial charge in [0.2, 0.25) is 0 Å². The van der Waals surface area contributed by atoms with Gasteiger partial charge in [0.15, 0.2) is 0 Å². The number of nitrogens with zero attached hydrogens (tertiary/aromatic N) is 2. The molecular weight excluding hydrogens is 252 g/mol. The zero-order valence-corrected chi connectivity index (χ0v) is 11.7. The van der Waals surface area contributed by atoms with Gasteiger partial charge in [-0.1, -0.05) is 6.07 Å². The molecule has 0 atom stereocenters. The van der Waals surface area contributed by atoms with Crippen molar-refractivity contribution in [1.82, 2.24) is 15.3 Å². The van der Waals surface area contributed by atoms with Gasteiger partial charge in [-0.25, -0.2) is 9.97 Å². The number of carbonyl (C=O) groups excluding carboxylic acids is 1. The number of hydrogen-bond donors (Lipinski definition) is 2. The van der Waals surface area contributed by atoms with Crippen LogP contribution in [0.1, 0.15) is 28.4 Å². The molecule has 104 valence electrons. The molecule has 0 aliphatic carbocycles. The summed E-state index contributed by atoms with van der Waals surface area (Å²) in [7, 11) is 0. The molecule has 5 nitrogen and oxygen atoms in total. The monoisotopic (exact) mass is 270 g/mol. The van der Waals surface area contributed by atoms with E-state index in [-0.39, 0.29) is 5.91 Å². The minimum atomic E-state index is -0.0569. The van der Waals surface area contributed by atoms with Gasteiger partial charge < -0.3 is 10.6 Å². The molecule has 1 amide bonds. The summed E-state index contributed by atoms with van der Waals surface area (Å²) in [5.74, 6) is -0.0569. The maximum absolute atomic E-state index is 11.8. The zero-order valence-electron chi connectivity index (χ0n) is 11.7. The van der Waals surface area contributed by atoms with Gasteiger partial charge in [0.1, 0.15) is 6.33 Å². The van der Waals surface area contributed by atoms with Crippen LogP contribution in [-0.2, 0) is 6.54 Å². The number of amides is 1. The Morgan fingerprint density at radius 2 is 2.00 bits per heavy atom. The maximum Gasteiger partial charge on any atom is 0.251 e. The van der Waals surface area contributed by atoms with Gasteiger partial charge >= 0.3 is 0 Å². The van der Waals surface area contributed by atoms with E-state index in [4.69, 9.17) is 0 Å². The topological polar surface area (TPSA) is 66.9 Å². The minimum absolute atomic E-state index is 0.0569. The van der Waals surface area contributed by atoms with Crippen LogP contribution < -0.4 is 10.6 Å². The molecular formula is C15H18N4O. The van der Waals surface area contributed by atoms with Crippen molar-refractivity contribution in [3.63, 3.8) is 0 Å². The summed E-state index contributed by atoms with van der Waals surface area (Å²) in [6, 6.07) is 5.63. The highest BCUT2D eigenvalue weighted by Crippen LogP contribution is 2.17. The summed E-state index contributed by atoms with van der Waals surface area (Å²) in [4.78, 5) is 19.8. The molecule has 1 aromatic heterocycles. The van der Waals surface area contributed by atoms with E-state index in [1.165, 1.54) is 6.33 Å². The van der Waals surface area contributed by atoms with E-state index < -0.39 is 0 Å². The number of rotatable bonds is 5. The summed E-state index contributed by atoms with van der Waals surface area (Å²) in [5, 5.41) is 6.10. The molecule has 0 bridgehead atoms. The molecule has 0 fully saturated rings. The lowest BCUT2D eigenvalue weighted by Gasteiger charge is -2.11. The van der Waals surface area contributed by atoms with Gasteiger partial charge in [0.05, 0.1) is 0 Å². The first kappa shape index (κ1) is 14.0. The molecule has 0 aliphatic rings. The quantitative estimate of drug-likeness (QED) is 0.873. The van der Waals surface area contributed by atoms with Gasteiger partial charge in [-0.05, 0) is 31.5 Å². The normalized spacial score (nSPS) is 10.1. The third kappa shape index (κ3) is 3.54. The first-order valence-corrected chi connectivity index (χ1v) is 6.57. The van der Waals surface area contributed by atoms with E-state index in [0.717, 1.165) is 16.8 Å². The highest BCUT2D eigenvalue weighted by Gasteiger charge is 2.07. The van der Waals surface area contributed by atoms with Crippen LogP contribution in [-0.4, -0.2) is 22.4 Å². The Kier molecular flexibility index (Phi) is 4.65. The van der Waals surface area contributed by atoms with Crippen molar-refractivity contribution in [3.8, 4) is 0 Å². The van der Waals surface area contributed by atoms with Crippen molar-refractivity contribution in [3.05, 3.63) is 53.6 Å². The highest BCUT2D eigenvalue weighted by atomic mass is 16.1. The number of anilines is 1. The molecule has 0 unspecified atom stereocenters. The highest BCUT2D eigenvalue weighted by molar-refractivity contribution is 5.95. The Morgan fingerprint density at radius 3 is 2.70 bits per heavy atom. The Hall–Kier alpha value is -2.43. The van der Waals surface area contributed by atoms with Gasteiger partial charge in [-0.15, -0.1) is 0 Å². The number of aryl methyl sites for hydroxylation is 1. The zero-order chi connectivity index (χ0) is 14.4. The largest absolute Gasteiger partial charge is 0.381 e. The summed E-state index contributed by atoms with van der Waals surface area (Å²) >= 11 is 0. The van der Waals surface area contributed by atoms with Crippen molar-refractivity contribution < 1.29 is 4.79 Å². The van der Waals surface area contributed by atoms with E-state index in [9.17, 15) is 4.79 Å². The minimum Gasteiger partial charge on any atom is -0.381 e. The molecule has 0 aliphatic heterocycles. The van der Waals surface area contributed by atoms with Crippen LogP contribution in [0.4, 0.5) is 5.69 Å². The van der Waals surface area contributed by atoms with Crippen molar-refractivity contribution in [2.24, 2.45) is 0 Å². The van der Waals surface area contributed by atoms with Crippen LogP contribution in [0.3, 0.4) is 0 Å². The predicted octanol–water partition coefficient (Wildman–Crippen LogP) is 2.15. The Labute approximate surface area is 118 Å². The van der Waals surface area contributed by atoms with Gasteiger partial charge in [0.25, 0.3) is 5.91 Å². The van der Waals surface area contributed by atoms with Gasteiger partial charge in [-0.3, -0.25) is 4.79 Å². The van der Waals surface area contributed by atoms with Crippen molar-refractivity contribution in [2.45, 2.75) is 20.4 Å². The molecule has 1 heterocycles. The first-order chi connectivity index (χ1) is 9.70. The maximum atomic E-state index is 11.8. The lowest BCUT2D eigenvalue weighted by atomic mass is 10.1.